The molecule has 3 saturated heterocycles. The van der Waals surface area contributed by atoms with Crippen LogP contribution in [0.15, 0.2) is 60.7 Å². The maximum Gasteiger partial charge on any atom is 0.353 e. The van der Waals surface area contributed by atoms with E-state index < -0.39 is 15.5 Å². The Kier molecular flexibility index (Phi) is 18.8. The van der Waals surface area contributed by atoms with E-state index in [0.29, 0.717) is 50.9 Å². The van der Waals surface area contributed by atoms with Crippen molar-refractivity contribution in [2.75, 3.05) is 129 Å². The highest BCUT2D eigenvalue weighted by Crippen LogP contribution is 2.33. The van der Waals surface area contributed by atoms with E-state index in [2.05, 4.69) is 45.3 Å². The minimum atomic E-state index is -0.709. The predicted octanol–water partition coefficient (Wildman–Crippen LogP) is 4.18. The number of rotatable bonds is 14. The lowest BCUT2D eigenvalue weighted by molar-refractivity contribution is -0.385. The Hall–Kier alpha value is -4.70. The van der Waals surface area contributed by atoms with Gasteiger partial charge in [-0.15, -0.1) is 0 Å². The van der Waals surface area contributed by atoms with E-state index in [9.17, 15) is 20.2 Å². The Balaban J connectivity index is 0.000000209. The molecule has 3 fully saturated rings. The second-order valence-electron chi connectivity index (χ2n) is 13.3. The number of nitrogens with zero attached hydrogens (tertiary/aromatic N) is 9. The first-order valence-electron chi connectivity index (χ1n) is 19.4. The van der Waals surface area contributed by atoms with Gasteiger partial charge in [-0.3, -0.25) is 34.9 Å². The second-order valence-corrected chi connectivity index (χ2v) is 14.0. The van der Waals surface area contributed by atoms with Gasteiger partial charge < -0.3 is 30.6 Å². The van der Waals surface area contributed by atoms with Crippen LogP contribution in [0.25, 0.3) is 22.8 Å². The van der Waals surface area contributed by atoms with Gasteiger partial charge in [-0.2, -0.15) is 0 Å². The van der Waals surface area contributed by atoms with Crippen LogP contribution < -0.4 is 16.4 Å². The van der Waals surface area contributed by atoms with Gasteiger partial charge in [0.15, 0.2) is 11.6 Å². The second kappa shape index (κ2) is 24.4. The van der Waals surface area contributed by atoms with Crippen molar-refractivity contribution in [2.24, 2.45) is 5.73 Å². The van der Waals surface area contributed by atoms with Crippen LogP contribution in [0, 0.1) is 20.2 Å². The average Bonchev–Trinajstić information content (AvgIpc) is 3.25. The van der Waals surface area contributed by atoms with E-state index in [-0.39, 0.29) is 33.5 Å². The Morgan fingerprint density at radius 3 is 1.29 bits per heavy atom. The summed E-state index contributed by atoms with van der Waals surface area (Å²) in [5.41, 5.74) is 6.26. The number of nitro groups is 2. The van der Waals surface area contributed by atoms with Crippen LogP contribution in [-0.2, 0) is 14.2 Å². The third-order valence-corrected chi connectivity index (χ3v) is 9.84. The van der Waals surface area contributed by atoms with E-state index in [1.165, 1.54) is 0 Å². The molecule has 7 rings (SSSR count). The highest BCUT2D eigenvalue weighted by Gasteiger charge is 2.26. The number of hydrogen-bond donors (Lipinski definition) is 3. The van der Waals surface area contributed by atoms with Crippen LogP contribution >= 0.6 is 23.2 Å². The lowest BCUT2D eigenvalue weighted by Crippen LogP contribution is -2.39. The predicted molar refractivity (Wildman–Crippen MR) is 226 cm³/mol. The monoisotopic (exact) mass is 856 g/mol. The summed E-state index contributed by atoms with van der Waals surface area (Å²) in [4.78, 5) is 45.2. The fraction of sp³-hybridized carbons (Fsp3) is 0.474. The zero-order valence-electron chi connectivity index (χ0n) is 32.7. The largest absolute Gasteiger partial charge is 0.379 e. The SMILES string of the molecule is NCCN1CCOCC1.O=[N+]([O-])c1c(Cl)nc(-c2ccccc2)nc1Cl.O=[N+]([O-])c1c(NCCN2CCOCC2)nc(-c2ccccc2)nc1NCCN1CCOCC1. The fourth-order valence-corrected chi connectivity index (χ4v) is 6.71. The third kappa shape index (κ3) is 14.5. The van der Waals surface area contributed by atoms with Gasteiger partial charge in [0.25, 0.3) is 0 Å². The number of morpholine rings is 3. The molecule has 0 unspecified atom stereocenters. The summed E-state index contributed by atoms with van der Waals surface area (Å²) in [5, 5.41) is 28.5. The summed E-state index contributed by atoms with van der Waals surface area (Å²) in [7, 11) is 0. The summed E-state index contributed by atoms with van der Waals surface area (Å²) in [6, 6.07) is 18.4. The summed E-state index contributed by atoms with van der Waals surface area (Å²) in [6.45, 7) is 14.5. The first-order valence-corrected chi connectivity index (χ1v) is 20.1. The van der Waals surface area contributed by atoms with Crippen LogP contribution in [0.4, 0.5) is 23.0 Å². The summed E-state index contributed by atoms with van der Waals surface area (Å²) < 4.78 is 15.9. The zero-order chi connectivity index (χ0) is 41.8. The van der Waals surface area contributed by atoms with Crippen molar-refractivity contribution in [1.29, 1.82) is 0 Å². The Bertz CT molecular complexity index is 1830. The first-order chi connectivity index (χ1) is 28.7. The van der Waals surface area contributed by atoms with Gasteiger partial charge in [0.1, 0.15) is 0 Å². The van der Waals surface area contributed by atoms with E-state index in [1.807, 2.05) is 36.4 Å². The molecule has 0 atom stereocenters. The topological polar surface area (TPSA) is 225 Å². The van der Waals surface area contributed by atoms with Crippen LogP contribution in [0.2, 0.25) is 10.3 Å². The number of aromatic nitrogens is 4. The summed E-state index contributed by atoms with van der Waals surface area (Å²) >= 11 is 11.4. The molecule has 3 aliphatic heterocycles. The molecule has 318 valence electrons. The van der Waals surface area contributed by atoms with Crippen molar-refractivity contribution in [3.05, 3.63) is 91.2 Å². The lowest BCUT2D eigenvalue weighted by Gasteiger charge is -2.27. The number of halogens is 2. The molecule has 0 radical (unpaired) electrons. The van der Waals surface area contributed by atoms with E-state index in [0.717, 1.165) is 84.2 Å². The smallest absolute Gasteiger partial charge is 0.353 e. The molecular weight excluding hydrogens is 807 g/mol. The van der Waals surface area contributed by atoms with Crippen molar-refractivity contribution < 1.29 is 24.1 Å². The highest BCUT2D eigenvalue weighted by molar-refractivity contribution is 6.36. The highest BCUT2D eigenvalue weighted by atomic mass is 35.5. The first kappa shape index (κ1) is 45.4. The van der Waals surface area contributed by atoms with Crippen molar-refractivity contribution >= 4 is 46.2 Å². The number of ether oxygens (including phenoxy) is 3. The van der Waals surface area contributed by atoms with Gasteiger partial charge in [-0.25, -0.2) is 19.9 Å². The molecule has 0 bridgehead atoms. The average molecular weight is 858 g/mol. The molecule has 19 nitrogen and oxygen atoms in total. The van der Waals surface area contributed by atoms with Gasteiger partial charge in [0.2, 0.25) is 21.9 Å². The van der Waals surface area contributed by atoms with Gasteiger partial charge in [0.05, 0.1) is 49.5 Å². The molecule has 0 spiro atoms. The molecular formula is C38H50Cl2N12O7. The number of hydrogen-bond acceptors (Lipinski definition) is 17. The minimum absolute atomic E-state index is 0.126. The van der Waals surface area contributed by atoms with Crippen LogP contribution in [0.3, 0.4) is 0 Å². The van der Waals surface area contributed by atoms with Crippen LogP contribution in [0.1, 0.15) is 0 Å². The van der Waals surface area contributed by atoms with Crippen molar-refractivity contribution in [3.63, 3.8) is 0 Å². The molecule has 2 aromatic heterocycles. The molecule has 5 heterocycles. The Labute approximate surface area is 352 Å². The molecule has 21 heteroatoms. The van der Waals surface area contributed by atoms with Crippen LogP contribution in [0.5, 0.6) is 0 Å². The maximum atomic E-state index is 12.0. The fourth-order valence-electron chi connectivity index (χ4n) is 6.18. The Morgan fingerprint density at radius 2 is 0.932 bits per heavy atom. The van der Waals surface area contributed by atoms with Crippen molar-refractivity contribution in [2.45, 2.75) is 0 Å². The van der Waals surface area contributed by atoms with Gasteiger partial charge in [-0.05, 0) is 0 Å². The zero-order valence-corrected chi connectivity index (χ0v) is 34.2. The van der Waals surface area contributed by atoms with E-state index in [4.69, 9.17) is 43.1 Å². The molecule has 0 saturated carbocycles. The molecule has 4 N–H and O–H groups in total. The van der Waals surface area contributed by atoms with Gasteiger partial charge in [-0.1, -0.05) is 83.9 Å². The van der Waals surface area contributed by atoms with Gasteiger partial charge >= 0.3 is 11.4 Å². The quantitative estimate of drug-likeness (QED) is 0.0919. The molecule has 59 heavy (non-hydrogen) atoms. The molecule has 0 amide bonds. The standard InChI is InChI=1S/C22H31N7O4.C10H5Cl2N3O2.C6H14N2O/c30-29(31)19-21(23-6-8-27-10-14-32-15-11-27)25-20(18-4-2-1-3-5-18)26-22(19)24-7-9-28-12-16-33-17-13-28;11-8-7(15(16)17)9(12)14-10(13-8)6-4-2-1-3-5-6;7-1-2-8-3-5-9-6-4-8/h1-5H,6-17H2,(H2,23,24,25,26);1-5H;1-7H2. The molecule has 0 aliphatic carbocycles. The number of nitrogens with one attached hydrogen (secondary N) is 2. The van der Waals surface area contributed by atoms with Crippen molar-refractivity contribution in [1.82, 2.24) is 34.6 Å². The third-order valence-electron chi connectivity index (χ3n) is 9.31. The van der Waals surface area contributed by atoms with E-state index in [1.54, 1.807) is 24.3 Å². The number of nitrogens with two attached hydrogens (primary N) is 1. The van der Waals surface area contributed by atoms with Crippen LogP contribution in [-0.4, -0.2) is 163 Å². The van der Waals surface area contributed by atoms with Gasteiger partial charge in [0, 0.05) is 89.7 Å². The van der Waals surface area contributed by atoms with E-state index >= 15 is 0 Å². The maximum absolute atomic E-state index is 12.0. The number of benzene rings is 2. The molecule has 4 aromatic rings. The summed E-state index contributed by atoms with van der Waals surface area (Å²) in [6.07, 6.45) is 0. The van der Waals surface area contributed by atoms with Crippen molar-refractivity contribution in [3.8, 4) is 22.8 Å². The minimum Gasteiger partial charge on any atom is -0.379 e. The summed E-state index contributed by atoms with van der Waals surface area (Å²) in [5.74, 6) is 1.17. The normalized spacial score (nSPS) is 16.2. The molecule has 3 aliphatic rings. The molecule has 2 aromatic carbocycles. The number of anilines is 2. The lowest BCUT2D eigenvalue weighted by atomic mass is 10.2. The Morgan fingerprint density at radius 1 is 0.576 bits per heavy atom.